The van der Waals surface area contributed by atoms with Crippen molar-refractivity contribution < 1.29 is 18.7 Å². The summed E-state index contributed by atoms with van der Waals surface area (Å²) in [5, 5.41) is 24.2. The van der Waals surface area contributed by atoms with Crippen LogP contribution in [-0.2, 0) is 22.2 Å². The summed E-state index contributed by atoms with van der Waals surface area (Å²) < 4.78 is 27.7. The van der Waals surface area contributed by atoms with Crippen LogP contribution in [0.25, 0.3) is 0 Å². The summed E-state index contributed by atoms with van der Waals surface area (Å²) in [7, 11) is 0. The Kier molecular flexibility index (Phi) is 9.59. The number of carbonyl (C=O) groups excluding carboxylic acids is 1. The van der Waals surface area contributed by atoms with Gasteiger partial charge in [0.2, 0.25) is 5.91 Å². The van der Waals surface area contributed by atoms with Gasteiger partial charge in [-0.25, -0.2) is 13.8 Å². The Morgan fingerprint density at radius 1 is 1.15 bits per heavy atom. The Bertz CT molecular complexity index is 1250. The van der Waals surface area contributed by atoms with E-state index in [-0.39, 0.29) is 29.8 Å². The normalized spacial score (nSPS) is 21.0. The van der Waals surface area contributed by atoms with E-state index in [1.54, 1.807) is 17.5 Å². The Morgan fingerprint density at radius 3 is 2.45 bits per heavy atom. The van der Waals surface area contributed by atoms with Crippen molar-refractivity contribution in [3.63, 3.8) is 0 Å². The minimum atomic E-state index is -0.982. The van der Waals surface area contributed by atoms with E-state index < -0.39 is 23.8 Å². The van der Waals surface area contributed by atoms with E-state index in [1.165, 1.54) is 30.2 Å². The zero-order chi connectivity index (χ0) is 28.9. The van der Waals surface area contributed by atoms with E-state index in [0.717, 1.165) is 36.9 Å². The van der Waals surface area contributed by atoms with Crippen molar-refractivity contribution in [3.05, 3.63) is 82.4 Å². The number of hydrogen-bond acceptors (Lipinski definition) is 6. The fourth-order valence-electron chi connectivity index (χ4n) is 5.54. The van der Waals surface area contributed by atoms with Gasteiger partial charge in [-0.15, -0.1) is 11.3 Å². The summed E-state index contributed by atoms with van der Waals surface area (Å²) in [6.07, 6.45) is 4.44. The van der Waals surface area contributed by atoms with Crippen molar-refractivity contribution in [2.45, 2.75) is 88.9 Å². The van der Waals surface area contributed by atoms with Crippen LogP contribution in [0.15, 0.2) is 54.0 Å². The molecule has 1 saturated carbocycles. The van der Waals surface area contributed by atoms with Gasteiger partial charge in [0.1, 0.15) is 11.6 Å². The maximum atomic E-state index is 13.8. The predicted octanol–water partition coefficient (Wildman–Crippen LogP) is 5.67. The van der Waals surface area contributed by atoms with Crippen LogP contribution in [0, 0.1) is 11.6 Å². The number of nitrogens with one attached hydrogen (secondary N) is 3. The second kappa shape index (κ2) is 12.7. The van der Waals surface area contributed by atoms with Crippen LogP contribution in [0.1, 0.15) is 70.1 Å². The number of halogens is 2. The molecule has 0 aliphatic heterocycles. The monoisotopic (exact) mass is 570 g/mol. The molecule has 6 nitrogen and oxygen atoms in total. The number of aliphatic hydroxyl groups is 1. The van der Waals surface area contributed by atoms with E-state index in [0.29, 0.717) is 11.6 Å². The summed E-state index contributed by atoms with van der Waals surface area (Å²) in [6, 6.07) is 11.5. The molecule has 216 valence electrons. The first-order chi connectivity index (χ1) is 18.9. The molecule has 40 heavy (non-hydrogen) atoms. The van der Waals surface area contributed by atoms with Gasteiger partial charge in [0.25, 0.3) is 0 Å². The van der Waals surface area contributed by atoms with Gasteiger partial charge in [0.05, 0.1) is 12.1 Å². The first-order valence-electron chi connectivity index (χ1n) is 13.9. The number of anilines is 1. The summed E-state index contributed by atoms with van der Waals surface area (Å²) in [5.41, 5.74) is 2.38. The van der Waals surface area contributed by atoms with Gasteiger partial charge in [-0.05, 0) is 66.3 Å². The molecule has 1 heterocycles. The third-order valence-electron chi connectivity index (χ3n) is 7.76. The molecule has 4 rings (SSSR count). The van der Waals surface area contributed by atoms with Crippen molar-refractivity contribution in [1.82, 2.24) is 15.6 Å². The van der Waals surface area contributed by atoms with Gasteiger partial charge in [-0.2, -0.15) is 0 Å². The van der Waals surface area contributed by atoms with Crippen molar-refractivity contribution >= 4 is 22.4 Å². The maximum absolute atomic E-state index is 13.8. The number of rotatable bonds is 10. The number of nitrogens with zero attached hydrogens (tertiary/aromatic N) is 1. The van der Waals surface area contributed by atoms with E-state index >= 15 is 0 Å². The summed E-state index contributed by atoms with van der Waals surface area (Å²) in [6.45, 7) is 8.15. The average Bonchev–Trinajstić information content (AvgIpc) is 3.40. The van der Waals surface area contributed by atoms with Crippen LogP contribution >= 0.6 is 11.3 Å². The summed E-state index contributed by atoms with van der Waals surface area (Å²) in [4.78, 5) is 16.3. The number of hydrogen-bond donors (Lipinski definition) is 4. The van der Waals surface area contributed by atoms with Crippen molar-refractivity contribution in [2.24, 2.45) is 0 Å². The van der Waals surface area contributed by atoms with E-state index in [2.05, 4.69) is 66.0 Å². The van der Waals surface area contributed by atoms with Crippen LogP contribution in [0.3, 0.4) is 0 Å². The molecule has 9 heteroatoms. The fraction of sp³-hybridized carbons (Fsp3) is 0.484. The smallest absolute Gasteiger partial charge is 0.217 e. The van der Waals surface area contributed by atoms with Crippen molar-refractivity contribution in [2.75, 3.05) is 11.9 Å². The first kappa shape index (κ1) is 30.1. The van der Waals surface area contributed by atoms with Gasteiger partial charge in [0, 0.05) is 42.7 Å². The lowest BCUT2D eigenvalue weighted by molar-refractivity contribution is -0.120. The SMILES string of the molecule is CC(=O)NC(Cc1cc(F)cc(F)c1)C(O)CNC1(c2cccc(C(C)(C)C)c2)CCC(Nc2nccs2)CC1. The first-order valence-corrected chi connectivity index (χ1v) is 14.7. The molecule has 4 N–H and O–H groups in total. The summed E-state index contributed by atoms with van der Waals surface area (Å²) in [5.74, 6) is -1.70. The Hall–Kier alpha value is -2.88. The van der Waals surface area contributed by atoms with Crippen molar-refractivity contribution in [1.29, 1.82) is 0 Å². The topological polar surface area (TPSA) is 86.3 Å². The molecule has 0 bridgehead atoms. The lowest BCUT2D eigenvalue weighted by Gasteiger charge is -2.43. The largest absolute Gasteiger partial charge is 0.390 e. The number of amides is 1. The second-order valence-corrected chi connectivity index (χ2v) is 12.8. The molecule has 0 saturated heterocycles. The van der Waals surface area contributed by atoms with E-state index in [9.17, 15) is 18.7 Å². The molecule has 3 aromatic rings. The highest BCUT2D eigenvalue weighted by molar-refractivity contribution is 7.13. The number of aliphatic hydroxyl groups excluding tert-OH is 1. The minimum Gasteiger partial charge on any atom is -0.390 e. The van der Waals surface area contributed by atoms with Crippen LogP contribution < -0.4 is 16.0 Å². The lowest BCUT2D eigenvalue weighted by atomic mass is 9.73. The number of carbonyl (C=O) groups is 1. The number of aromatic nitrogens is 1. The van der Waals surface area contributed by atoms with Gasteiger partial charge in [-0.3, -0.25) is 4.79 Å². The molecule has 2 aromatic carbocycles. The Balaban J connectivity index is 1.54. The van der Waals surface area contributed by atoms with Gasteiger partial charge >= 0.3 is 0 Å². The molecular weight excluding hydrogens is 530 g/mol. The van der Waals surface area contributed by atoms with E-state index in [1.807, 2.05) is 5.38 Å². The highest BCUT2D eigenvalue weighted by Gasteiger charge is 2.38. The maximum Gasteiger partial charge on any atom is 0.217 e. The molecule has 1 amide bonds. The third kappa shape index (κ3) is 7.86. The number of benzene rings is 2. The minimum absolute atomic E-state index is 0.0168. The second-order valence-electron chi connectivity index (χ2n) is 11.9. The van der Waals surface area contributed by atoms with Gasteiger partial charge in [0.15, 0.2) is 5.13 Å². The summed E-state index contributed by atoms with van der Waals surface area (Å²) >= 11 is 1.59. The molecule has 2 atom stereocenters. The lowest BCUT2D eigenvalue weighted by Crippen LogP contribution is -2.54. The molecule has 1 fully saturated rings. The number of thiazole rings is 1. The predicted molar refractivity (Wildman–Crippen MR) is 156 cm³/mol. The van der Waals surface area contributed by atoms with Crippen LogP contribution in [0.2, 0.25) is 0 Å². The molecule has 2 unspecified atom stereocenters. The van der Waals surface area contributed by atoms with Crippen LogP contribution in [0.5, 0.6) is 0 Å². The molecule has 1 aromatic heterocycles. The third-order valence-corrected chi connectivity index (χ3v) is 8.47. The zero-order valence-electron chi connectivity index (χ0n) is 23.6. The van der Waals surface area contributed by atoms with Gasteiger partial charge < -0.3 is 21.1 Å². The Labute approximate surface area is 239 Å². The van der Waals surface area contributed by atoms with E-state index in [4.69, 9.17) is 0 Å². The fourth-order valence-corrected chi connectivity index (χ4v) is 6.15. The molecule has 1 aliphatic carbocycles. The van der Waals surface area contributed by atoms with Gasteiger partial charge in [-0.1, -0.05) is 45.0 Å². The quantitative estimate of drug-likeness (QED) is 0.253. The zero-order valence-corrected chi connectivity index (χ0v) is 24.5. The molecular formula is C31H40F2N4O2S. The average molecular weight is 571 g/mol. The van der Waals surface area contributed by atoms with Crippen LogP contribution in [0.4, 0.5) is 13.9 Å². The molecule has 0 radical (unpaired) electrons. The Morgan fingerprint density at radius 2 is 1.85 bits per heavy atom. The highest BCUT2D eigenvalue weighted by atomic mass is 32.1. The van der Waals surface area contributed by atoms with Crippen LogP contribution in [-0.4, -0.2) is 40.7 Å². The highest BCUT2D eigenvalue weighted by Crippen LogP contribution is 2.40. The van der Waals surface area contributed by atoms with Crippen molar-refractivity contribution in [3.8, 4) is 0 Å². The molecule has 1 aliphatic rings. The standard InChI is InChI=1S/C31H40F2N4O2S/c1-20(38)36-27(16-21-14-24(32)18-25(33)15-21)28(39)19-35-31(23-7-5-6-22(17-23)30(2,3)4)10-8-26(9-11-31)37-29-34-12-13-40-29/h5-7,12-15,17-18,26-28,35,39H,8-11,16,19H2,1-4H3,(H,34,37)(H,36,38). The molecule has 0 spiro atoms.